The molecule has 0 bridgehead atoms. The van der Waals surface area contributed by atoms with E-state index in [-0.39, 0.29) is 12.1 Å². The smallest absolute Gasteiger partial charge is 0.134 e. The zero-order valence-electron chi connectivity index (χ0n) is 11.1. The molecular weight excluding hydrogens is 226 g/mol. The molecule has 3 heteroatoms. The van der Waals surface area contributed by atoms with Gasteiger partial charge in [-0.05, 0) is 25.0 Å². The quantitative estimate of drug-likeness (QED) is 0.824. The van der Waals surface area contributed by atoms with Gasteiger partial charge in [0.15, 0.2) is 0 Å². The lowest BCUT2D eigenvalue weighted by Gasteiger charge is -2.30. The first-order chi connectivity index (χ1) is 8.73. The standard InChI is InChI=1S/C15H21NO2/c1-3-15(4-2,11-17)16-10-13-9-12-7-5-6-8-14(12)18-13/h5-9,16-17H,3-4,10-11H2,1-2H3. The Balaban J connectivity index is 2.09. The minimum absolute atomic E-state index is 0.153. The van der Waals surface area contributed by atoms with Gasteiger partial charge in [-0.1, -0.05) is 32.0 Å². The number of nitrogens with one attached hydrogen (secondary N) is 1. The summed E-state index contributed by atoms with van der Waals surface area (Å²) in [7, 11) is 0. The molecule has 98 valence electrons. The Hall–Kier alpha value is -1.32. The predicted molar refractivity (Wildman–Crippen MR) is 73.5 cm³/mol. The van der Waals surface area contributed by atoms with Crippen LogP contribution in [-0.2, 0) is 6.54 Å². The predicted octanol–water partition coefficient (Wildman–Crippen LogP) is 3.07. The van der Waals surface area contributed by atoms with E-state index in [0.717, 1.165) is 29.6 Å². The summed E-state index contributed by atoms with van der Waals surface area (Å²) in [6, 6.07) is 10.0. The van der Waals surface area contributed by atoms with E-state index in [9.17, 15) is 5.11 Å². The molecule has 0 aliphatic carbocycles. The third-order valence-electron chi connectivity index (χ3n) is 3.77. The number of hydrogen-bond donors (Lipinski definition) is 2. The van der Waals surface area contributed by atoms with E-state index < -0.39 is 0 Å². The third-order valence-corrected chi connectivity index (χ3v) is 3.77. The first-order valence-corrected chi connectivity index (χ1v) is 6.56. The van der Waals surface area contributed by atoms with Crippen molar-refractivity contribution in [2.75, 3.05) is 6.61 Å². The van der Waals surface area contributed by atoms with Crippen molar-refractivity contribution >= 4 is 11.0 Å². The lowest BCUT2D eigenvalue weighted by atomic mass is 9.94. The number of fused-ring (bicyclic) bond motifs is 1. The zero-order valence-corrected chi connectivity index (χ0v) is 11.1. The summed E-state index contributed by atoms with van der Waals surface area (Å²) in [5.41, 5.74) is 0.718. The third kappa shape index (κ3) is 2.57. The Bertz CT molecular complexity index is 459. The molecule has 0 saturated heterocycles. The number of aliphatic hydroxyl groups is 1. The molecule has 2 rings (SSSR count). The van der Waals surface area contributed by atoms with Crippen LogP contribution in [0, 0.1) is 0 Å². The van der Waals surface area contributed by atoms with Gasteiger partial charge in [0.25, 0.3) is 0 Å². The molecule has 0 atom stereocenters. The fraction of sp³-hybridized carbons (Fsp3) is 0.467. The van der Waals surface area contributed by atoms with Gasteiger partial charge in [0.1, 0.15) is 11.3 Å². The van der Waals surface area contributed by atoms with Crippen LogP contribution in [0.15, 0.2) is 34.7 Å². The molecule has 2 aromatic rings. The maximum Gasteiger partial charge on any atom is 0.134 e. The van der Waals surface area contributed by atoms with Gasteiger partial charge >= 0.3 is 0 Å². The minimum Gasteiger partial charge on any atom is -0.460 e. The van der Waals surface area contributed by atoms with Crippen LogP contribution in [0.25, 0.3) is 11.0 Å². The van der Waals surface area contributed by atoms with Crippen LogP contribution in [0.1, 0.15) is 32.4 Å². The highest BCUT2D eigenvalue weighted by Gasteiger charge is 2.24. The molecule has 0 amide bonds. The Labute approximate surface area is 108 Å². The molecule has 0 saturated carbocycles. The molecule has 18 heavy (non-hydrogen) atoms. The molecule has 1 heterocycles. The average molecular weight is 247 g/mol. The van der Waals surface area contributed by atoms with Gasteiger partial charge in [-0.3, -0.25) is 0 Å². The second-order valence-corrected chi connectivity index (χ2v) is 4.75. The van der Waals surface area contributed by atoms with Gasteiger partial charge in [0, 0.05) is 10.9 Å². The Morgan fingerprint density at radius 2 is 1.94 bits per heavy atom. The minimum atomic E-state index is -0.195. The molecule has 0 aliphatic heterocycles. The van der Waals surface area contributed by atoms with Gasteiger partial charge in [-0.25, -0.2) is 0 Å². The Morgan fingerprint density at radius 1 is 1.22 bits per heavy atom. The molecule has 1 aromatic heterocycles. The number of aliphatic hydroxyl groups excluding tert-OH is 1. The van der Waals surface area contributed by atoms with Crippen molar-refractivity contribution in [3.63, 3.8) is 0 Å². The van der Waals surface area contributed by atoms with Gasteiger partial charge < -0.3 is 14.8 Å². The molecule has 0 unspecified atom stereocenters. The Kier molecular flexibility index (Phi) is 4.04. The SMILES string of the molecule is CCC(CC)(CO)NCc1cc2ccccc2o1. The molecular formula is C15H21NO2. The van der Waals surface area contributed by atoms with Gasteiger partial charge in [0.2, 0.25) is 0 Å². The highest BCUT2D eigenvalue weighted by atomic mass is 16.3. The summed E-state index contributed by atoms with van der Waals surface area (Å²) in [4.78, 5) is 0. The normalized spacial score (nSPS) is 12.2. The first-order valence-electron chi connectivity index (χ1n) is 6.56. The van der Waals surface area contributed by atoms with Crippen molar-refractivity contribution in [1.82, 2.24) is 5.32 Å². The number of benzene rings is 1. The van der Waals surface area contributed by atoms with Crippen molar-refractivity contribution < 1.29 is 9.52 Å². The number of hydrogen-bond acceptors (Lipinski definition) is 3. The molecule has 1 aromatic carbocycles. The van der Waals surface area contributed by atoms with Gasteiger partial charge in [0.05, 0.1) is 13.2 Å². The van der Waals surface area contributed by atoms with E-state index in [1.807, 2.05) is 24.3 Å². The van der Waals surface area contributed by atoms with Crippen LogP contribution in [0.5, 0.6) is 0 Å². The summed E-state index contributed by atoms with van der Waals surface area (Å²) < 4.78 is 5.75. The van der Waals surface area contributed by atoms with E-state index in [1.54, 1.807) is 0 Å². The van der Waals surface area contributed by atoms with Crippen LogP contribution in [0.2, 0.25) is 0 Å². The average Bonchev–Trinajstić information content (AvgIpc) is 2.84. The lowest BCUT2D eigenvalue weighted by molar-refractivity contribution is 0.147. The number of rotatable bonds is 6. The van der Waals surface area contributed by atoms with Crippen LogP contribution >= 0.6 is 0 Å². The maximum atomic E-state index is 9.50. The van der Waals surface area contributed by atoms with Crippen molar-refractivity contribution in [3.8, 4) is 0 Å². The van der Waals surface area contributed by atoms with E-state index in [2.05, 4.69) is 25.2 Å². The highest BCUT2D eigenvalue weighted by Crippen LogP contribution is 2.20. The fourth-order valence-electron chi connectivity index (χ4n) is 2.18. The van der Waals surface area contributed by atoms with E-state index in [0.29, 0.717) is 6.54 Å². The Morgan fingerprint density at radius 3 is 2.56 bits per heavy atom. The van der Waals surface area contributed by atoms with E-state index >= 15 is 0 Å². The summed E-state index contributed by atoms with van der Waals surface area (Å²) in [5, 5.41) is 14.0. The van der Waals surface area contributed by atoms with Crippen molar-refractivity contribution in [2.24, 2.45) is 0 Å². The largest absolute Gasteiger partial charge is 0.460 e. The summed E-state index contributed by atoms with van der Waals surface area (Å²) in [6.45, 7) is 4.98. The van der Waals surface area contributed by atoms with Crippen LogP contribution in [-0.4, -0.2) is 17.3 Å². The van der Waals surface area contributed by atoms with Crippen molar-refractivity contribution in [2.45, 2.75) is 38.8 Å². The topological polar surface area (TPSA) is 45.4 Å². The molecule has 0 spiro atoms. The monoisotopic (exact) mass is 247 g/mol. The van der Waals surface area contributed by atoms with Gasteiger partial charge in [-0.15, -0.1) is 0 Å². The van der Waals surface area contributed by atoms with Crippen LogP contribution < -0.4 is 5.32 Å². The van der Waals surface area contributed by atoms with E-state index in [4.69, 9.17) is 4.42 Å². The molecule has 0 fully saturated rings. The summed E-state index contributed by atoms with van der Waals surface area (Å²) in [5.74, 6) is 0.913. The number of furan rings is 1. The fourth-order valence-corrected chi connectivity index (χ4v) is 2.18. The summed E-state index contributed by atoms with van der Waals surface area (Å²) in [6.07, 6.45) is 1.81. The molecule has 2 N–H and O–H groups in total. The van der Waals surface area contributed by atoms with Crippen molar-refractivity contribution in [3.05, 3.63) is 36.1 Å². The zero-order chi connectivity index (χ0) is 13.0. The number of para-hydroxylation sites is 1. The first kappa shape index (κ1) is 13.1. The maximum absolute atomic E-state index is 9.50. The van der Waals surface area contributed by atoms with Crippen LogP contribution in [0.4, 0.5) is 0 Å². The lowest BCUT2D eigenvalue weighted by Crippen LogP contribution is -2.46. The second-order valence-electron chi connectivity index (χ2n) is 4.75. The molecule has 3 nitrogen and oxygen atoms in total. The molecule has 0 radical (unpaired) electrons. The molecule has 0 aliphatic rings. The van der Waals surface area contributed by atoms with E-state index in [1.165, 1.54) is 0 Å². The summed E-state index contributed by atoms with van der Waals surface area (Å²) >= 11 is 0. The van der Waals surface area contributed by atoms with Gasteiger partial charge in [-0.2, -0.15) is 0 Å². The van der Waals surface area contributed by atoms with Crippen molar-refractivity contribution in [1.29, 1.82) is 0 Å². The van der Waals surface area contributed by atoms with Crippen LogP contribution in [0.3, 0.4) is 0 Å². The second kappa shape index (κ2) is 5.55. The highest BCUT2D eigenvalue weighted by molar-refractivity contribution is 5.77.